The van der Waals surface area contributed by atoms with Gasteiger partial charge in [-0.25, -0.2) is 0 Å². The normalized spacial score (nSPS) is 24.7. The third-order valence-electron chi connectivity index (χ3n) is 2.69. The molecule has 1 heterocycles. The van der Waals surface area contributed by atoms with E-state index in [-0.39, 0.29) is 5.97 Å². The molecule has 3 heteroatoms. The molecule has 3 nitrogen and oxygen atoms in total. The molecule has 0 amide bonds. The van der Waals surface area contributed by atoms with Gasteiger partial charge in [-0.3, -0.25) is 4.79 Å². The lowest BCUT2D eigenvalue weighted by Gasteiger charge is -1.98. The van der Waals surface area contributed by atoms with E-state index in [1.165, 1.54) is 7.11 Å². The highest BCUT2D eigenvalue weighted by Crippen LogP contribution is 2.29. The van der Waals surface area contributed by atoms with Gasteiger partial charge in [-0.05, 0) is 19.3 Å². The number of carbonyl (C=O) groups excluding carboxylic acids is 1. The fraction of sp³-hybridized carbons (Fsp3) is 0.909. The molecule has 1 saturated heterocycles. The maximum Gasteiger partial charge on any atom is 0.305 e. The summed E-state index contributed by atoms with van der Waals surface area (Å²) in [6, 6.07) is 0. The van der Waals surface area contributed by atoms with Crippen molar-refractivity contribution in [2.45, 2.75) is 57.7 Å². The minimum atomic E-state index is -0.0980. The quantitative estimate of drug-likeness (QED) is 0.359. The smallest absolute Gasteiger partial charge is 0.305 e. The largest absolute Gasteiger partial charge is 0.469 e. The molecule has 0 N–H and O–H groups in total. The molecule has 0 spiro atoms. The third kappa shape index (κ3) is 4.09. The van der Waals surface area contributed by atoms with Crippen molar-refractivity contribution >= 4 is 5.97 Å². The van der Waals surface area contributed by atoms with Crippen molar-refractivity contribution in [1.29, 1.82) is 0 Å². The van der Waals surface area contributed by atoms with Gasteiger partial charge in [0, 0.05) is 6.42 Å². The van der Waals surface area contributed by atoms with Crippen molar-refractivity contribution in [3.8, 4) is 0 Å². The molecular weight excluding hydrogens is 180 g/mol. The van der Waals surface area contributed by atoms with Gasteiger partial charge < -0.3 is 9.47 Å². The van der Waals surface area contributed by atoms with Crippen LogP contribution in [0.3, 0.4) is 0 Å². The van der Waals surface area contributed by atoms with Crippen molar-refractivity contribution < 1.29 is 14.3 Å². The summed E-state index contributed by atoms with van der Waals surface area (Å²) in [6.07, 6.45) is 7.08. The van der Waals surface area contributed by atoms with Crippen molar-refractivity contribution in [1.82, 2.24) is 0 Å². The van der Waals surface area contributed by atoms with E-state index in [4.69, 9.17) is 4.74 Å². The fourth-order valence-electron chi connectivity index (χ4n) is 1.69. The number of ether oxygens (including phenoxy) is 2. The van der Waals surface area contributed by atoms with Crippen LogP contribution in [0.15, 0.2) is 0 Å². The highest BCUT2D eigenvalue weighted by molar-refractivity contribution is 5.68. The lowest BCUT2D eigenvalue weighted by Crippen LogP contribution is -1.99. The number of unbranched alkanes of at least 4 members (excludes halogenated alkanes) is 2. The lowest BCUT2D eigenvalue weighted by atomic mass is 10.1. The van der Waals surface area contributed by atoms with E-state index in [2.05, 4.69) is 11.7 Å². The van der Waals surface area contributed by atoms with Crippen molar-refractivity contribution in [3.63, 3.8) is 0 Å². The van der Waals surface area contributed by atoms with Crippen molar-refractivity contribution in [2.75, 3.05) is 7.11 Å². The average Bonchev–Trinajstić information content (AvgIpc) is 2.95. The Hall–Kier alpha value is -0.570. The molecule has 1 aliphatic heterocycles. The SMILES string of the molecule is CCC1OC1CCCCCC(=O)OC. The summed E-state index contributed by atoms with van der Waals surface area (Å²) in [4.78, 5) is 10.8. The Kier molecular flexibility index (Phi) is 4.94. The van der Waals surface area contributed by atoms with Gasteiger partial charge >= 0.3 is 5.97 Å². The third-order valence-corrected chi connectivity index (χ3v) is 2.69. The zero-order valence-corrected chi connectivity index (χ0v) is 9.12. The van der Waals surface area contributed by atoms with Gasteiger partial charge in [0.15, 0.2) is 0 Å². The molecule has 1 rings (SSSR count). The van der Waals surface area contributed by atoms with Gasteiger partial charge in [0.2, 0.25) is 0 Å². The molecule has 0 aromatic rings. The molecule has 0 radical (unpaired) electrons. The topological polar surface area (TPSA) is 38.8 Å². The summed E-state index contributed by atoms with van der Waals surface area (Å²) >= 11 is 0. The number of epoxide rings is 1. The average molecular weight is 200 g/mol. The highest BCUT2D eigenvalue weighted by atomic mass is 16.6. The Morgan fingerprint density at radius 2 is 2.07 bits per heavy atom. The van der Waals surface area contributed by atoms with Gasteiger partial charge in [-0.15, -0.1) is 0 Å². The Morgan fingerprint density at radius 1 is 1.29 bits per heavy atom. The molecule has 82 valence electrons. The van der Waals surface area contributed by atoms with Crippen LogP contribution < -0.4 is 0 Å². The Balaban J connectivity index is 1.83. The van der Waals surface area contributed by atoms with Gasteiger partial charge in [-0.2, -0.15) is 0 Å². The van der Waals surface area contributed by atoms with Crippen LogP contribution in [0.25, 0.3) is 0 Å². The van der Waals surface area contributed by atoms with Crippen molar-refractivity contribution in [2.24, 2.45) is 0 Å². The summed E-state index contributed by atoms with van der Waals surface area (Å²) in [5.74, 6) is -0.0980. The Labute approximate surface area is 85.8 Å². The number of hydrogen-bond donors (Lipinski definition) is 0. The predicted octanol–water partition coefficient (Wildman–Crippen LogP) is 2.29. The Bertz CT molecular complexity index is 179. The van der Waals surface area contributed by atoms with E-state index in [9.17, 15) is 4.79 Å². The summed E-state index contributed by atoms with van der Waals surface area (Å²) < 4.78 is 9.98. The number of hydrogen-bond acceptors (Lipinski definition) is 3. The van der Waals surface area contributed by atoms with E-state index in [0.717, 1.165) is 32.1 Å². The van der Waals surface area contributed by atoms with Gasteiger partial charge in [-0.1, -0.05) is 19.8 Å². The van der Waals surface area contributed by atoms with Crippen LogP contribution in [-0.2, 0) is 14.3 Å². The van der Waals surface area contributed by atoms with Gasteiger partial charge in [0.05, 0.1) is 19.3 Å². The maximum atomic E-state index is 10.8. The van der Waals surface area contributed by atoms with Crippen LogP contribution in [0.4, 0.5) is 0 Å². The van der Waals surface area contributed by atoms with E-state index < -0.39 is 0 Å². The highest BCUT2D eigenvalue weighted by Gasteiger charge is 2.35. The van der Waals surface area contributed by atoms with Crippen LogP contribution in [0, 0.1) is 0 Å². The predicted molar refractivity (Wildman–Crippen MR) is 54.1 cm³/mol. The first-order valence-electron chi connectivity index (χ1n) is 5.50. The van der Waals surface area contributed by atoms with E-state index in [1.807, 2.05) is 0 Å². The minimum Gasteiger partial charge on any atom is -0.469 e. The second-order valence-corrected chi connectivity index (χ2v) is 3.80. The molecular formula is C11H20O3. The first-order chi connectivity index (χ1) is 6.77. The maximum absolute atomic E-state index is 10.8. The monoisotopic (exact) mass is 200 g/mol. The van der Waals surface area contributed by atoms with E-state index >= 15 is 0 Å². The minimum absolute atomic E-state index is 0.0980. The first kappa shape index (κ1) is 11.5. The lowest BCUT2D eigenvalue weighted by molar-refractivity contribution is -0.140. The molecule has 0 saturated carbocycles. The van der Waals surface area contributed by atoms with Gasteiger partial charge in [0.1, 0.15) is 0 Å². The molecule has 1 fully saturated rings. The summed E-state index contributed by atoms with van der Waals surface area (Å²) in [6.45, 7) is 2.15. The summed E-state index contributed by atoms with van der Waals surface area (Å²) in [5.41, 5.74) is 0. The number of rotatable bonds is 7. The van der Waals surface area contributed by atoms with Crippen molar-refractivity contribution in [3.05, 3.63) is 0 Å². The zero-order chi connectivity index (χ0) is 10.4. The second kappa shape index (κ2) is 6.02. The van der Waals surface area contributed by atoms with Crippen LogP contribution in [0.5, 0.6) is 0 Å². The van der Waals surface area contributed by atoms with Crippen LogP contribution in [0.2, 0.25) is 0 Å². The Morgan fingerprint density at radius 3 is 2.64 bits per heavy atom. The number of methoxy groups -OCH3 is 1. The second-order valence-electron chi connectivity index (χ2n) is 3.80. The first-order valence-corrected chi connectivity index (χ1v) is 5.50. The molecule has 0 aromatic heterocycles. The van der Waals surface area contributed by atoms with E-state index in [1.54, 1.807) is 0 Å². The summed E-state index contributed by atoms with van der Waals surface area (Å²) in [7, 11) is 1.44. The molecule has 0 aromatic carbocycles. The molecule has 2 unspecified atom stereocenters. The molecule has 2 atom stereocenters. The fourth-order valence-corrected chi connectivity index (χ4v) is 1.69. The van der Waals surface area contributed by atoms with Crippen LogP contribution >= 0.6 is 0 Å². The number of esters is 1. The molecule has 14 heavy (non-hydrogen) atoms. The van der Waals surface area contributed by atoms with Crippen LogP contribution in [0.1, 0.15) is 45.4 Å². The molecule has 0 bridgehead atoms. The van der Waals surface area contributed by atoms with E-state index in [0.29, 0.717) is 18.6 Å². The molecule has 1 aliphatic rings. The molecule has 0 aliphatic carbocycles. The number of carbonyl (C=O) groups is 1. The summed E-state index contributed by atoms with van der Waals surface area (Å²) in [5, 5.41) is 0. The zero-order valence-electron chi connectivity index (χ0n) is 9.12. The van der Waals surface area contributed by atoms with Gasteiger partial charge in [0.25, 0.3) is 0 Å². The standard InChI is InChI=1S/C11H20O3/c1-3-9-10(14-9)7-5-4-6-8-11(12)13-2/h9-10H,3-8H2,1-2H3. The van der Waals surface area contributed by atoms with Crippen LogP contribution in [-0.4, -0.2) is 25.3 Å².